The number of hydrogen-bond acceptors (Lipinski definition) is 3. The average molecular weight is 307 g/mol. The number of aromatic nitrogens is 1. The van der Waals surface area contributed by atoms with Gasteiger partial charge >= 0.3 is 6.03 Å². The average Bonchev–Trinajstić information content (AvgIpc) is 2.55. The Morgan fingerprint density at radius 2 is 1.74 bits per heavy atom. The number of rotatable bonds is 3. The van der Waals surface area contributed by atoms with E-state index in [1.54, 1.807) is 7.11 Å². The minimum Gasteiger partial charge on any atom is -0.496 e. The molecule has 23 heavy (non-hydrogen) atoms. The van der Waals surface area contributed by atoms with Crippen molar-refractivity contribution in [2.24, 2.45) is 0 Å². The second-order valence-electron chi connectivity index (χ2n) is 5.14. The van der Waals surface area contributed by atoms with E-state index >= 15 is 0 Å². The van der Waals surface area contributed by atoms with Crippen molar-refractivity contribution in [3.8, 4) is 5.75 Å². The van der Waals surface area contributed by atoms with Gasteiger partial charge in [-0.2, -0.15) is 0 Å². The predicted octanol–water partition coefficient (Wildman–Crippen LogP) is 4.20. The number of carbonyl (C=O) groups excluding carboxylic acids is 1. The summed E-state index contributed by atoms with van der Waals surface area (Å²) in [6, 6.07) is 16.4. The fraction of sp³-hybridized carbons (Fsp3) is 0.111. The molecule has 0 saturated heterocycles. The van der Waals surface area contributed by atoms with E-state index in [0.717, 1.165) is 28.0 Å². The molecular weight excluding hydrogens is 290 g/mol. The second kappa shape index (κ2) is 6.36. The molecule has 0 radical (unpaired) electrons. The van der Waals surface area contributed by atoms with Gasteiger partial charge < -0.3 is 15.4 Å². The number of para-hydroxylation sites is 1. The van der Waals surface area contributed by atoms with Crippen LogP contribution >= 0.6 is 0 Å². The van der Waals surface area contributed by atoms with Crippen LogP contribution in [0.1, 0.15) is 5.69 Å². The minimum atomic E-state index is -0.297. The van der Waals surface area contributed by atoms with Crippen LogP contribution in [0.15, 0.2) is 54.6 Å². The van der Waals surface area contributed by atoms with Gasteiger partial charge in [0.15, 0.2) is 0 Å². The smallest absolute Gasteiger partial charge is 0.323 e. The maximum Gasteiger partial charge on any atom is 0.323 e. The van der Waals surface area contributed by atoms with Gasteiger partial charge in [0.05, 0.1) is 12.6 Å². The lowest BCUT2D eigenvalue weighted by Gasteiger charge is -2.10. The van der Waals surface area contributed by atoms with Gasteiger partial charge in [-0.05, 0) is 37.3 Å². The van der Waals surface area contributed by atoms with Crippen LogP contribution in [-0.4, -0.2) is 18.1 Å². The van der Waals surface area contributed by atoms with E-state index in [-0.39, 0.29) is 6.03 Å². The molecule has 0 aliphatic rings. The van der Waals surface area contributed by atoms with Crippen LogP contribution in [0.2, 0.25) is 0 Å². The van der Waals surface area contributed by atoms with Crippen molar-refractivity contribution in [3.05, 3.63) is 60.3 Å². The fourth-order valence-electron chi connectivity index (χ4n) is 2.38. The minimum absolute atomic E-state index is 0.297. The zero-order valence-corrected chi connectivity index (χ0v) is 13.0. The highest BCUT2D eigenvalue weighted by atomic mass is 16.5. The molecule has 0 aliphatic carbocycles. The molecule has 2 amide bonds. The molecule has 1 heterocycles. The van der Waals surface area contributed by atoms with Gasteiger partial charge in [-0.1, -0.05) is 18.2 Å². The molecule has 0 spiro atoms. The van der Waals surface area contributed by atoms with Crippen LogP contribution in [0, 0.1) is 6.92 Å². The Bertz CT molecular complexity index is 848. The van der Waals surface area contributed by atoms with E-state index in [1.165, 1.54) is 0 Å². The summed E-state index contributed by atoms with van der Waals surface area (Å²) in [6.07, 6.45) is 0. The van der Waals surface area contributed by atoms with Crippen LogP contribution in [0.3, 0.4) is 0 Å². The van der Waals surface area contributed by atoms with Crippen molar-refractivity contribution >= 4 is 28.3 Å². The Balaban J connectivity index is 1.83. The molecule has 0 fully saturated rings. The molecule has 2 aromatic carbocycles. The molecule has 2 N–H and O–H groups in total. The standard InChI is InChI=1S/C18H17N3O2/c1-12-10-17(23-2)15-11-14(8-9-16(15)19-12)21-18(22)20-13-6-4-3-5-7-13/h3-11H,1-2H3,(H2,20,21,22). The molecule has 0 bridgehead atoms. The molecule has 0 atom stereocenters. The van der Waals surface area contributed by atoms with Crippen LogP contribution < -0.4 is 15.4 Å². The zero-order valence-electron chi connectivity index (χ0n) is 13.0. The van der Waals surface area contributed by atoms with Gasteiger partial charge in [-0.15, -0.1) is 0 Å². The number of anilines is 2. The van der Waals surface area contributed by atoms with Gasteiger partial charge in [0.25, 0.3) is 0 Å². The van der Waals surface area contributed by atoms with Crippen molar-refractivity contribution < 1.29 is 9.53 Å². The second-order valence-corrected chi connectivity index (χ2v) is 5.14. The molecule has 0 unspecified atom stereocenters. The molecule has 3 rings (SSSR count). The van der Waals surface area contributed by atoms with E-state index in [4.69, 9.17) is 4.74 Å². The van der Waals surface area contributed by atoms with Crippen molar-refractivity contribution in [3.63, 3.8) is 0 Å². The molecule has 0 saturated carbocycles. The number of aryl methyl sites for hydroxylation is 1. The summed E-state index contributed by atoms with van der Waals surface area (Å²) in [5.41, 5.74) is 3.13. The Morgan fingerprint density at radius 1 is 1.00 bits per heavy atom. The number of methoxy groups -OCH3 is 1. The number of hydrogen-bond donors (Lipinski definition) is 2. The lowest BCUT2D eigenvalue weighted by atomic mass is 10.1. The van der Waals surface area contributed by atoms with Gasteiger partial charge in [0.1, 0.15) is 5.75 Å². The third-order valence-electron chi connectivity index (χ3n) is 3.41. The number of urea groups is 1. The molecule has 3 aromatic rings. The number of amides is 2. The number of nitrogens with zero attached hydrogens (tertiary/aromatic N) is 1. The quantitative estimate of drug-likeness (QED) is 0.762. The van der Waals surface area contributed by atoms with Gasteiger partial charge in [-0.25, -0.2) is 4.79 Å². The third kappa shape index (κ3) is 3.40. The van der Waals surface area contributed by atoms with Crippen LogP contribution in [0.25, 0.3) is 10.9 Å². The molecule has 5 nitrogen and oxygen atoms in total. The predicted molar refractivity (Wildman–Crippen MR) is 92.1 cm³/mol. The summed E-state index contributed by atoms with van der Waals surface area (Å²) in [6.45, 7) is 1.92. The number of pyridine rings is 1. The monoisotopic (exact) mass is 307 g/mol. The van der Waals surface area contributed by atoms with E-state index in [0.29, 0.717) is 5.69 Å². The first-order valence-corrected chi connectivity index (χ1v) is 7.24. The largest absolute Gasteiger partial charge is 0.496 e. The maximum absolute atomic E-state index is 12.1. The molecule has 116 valence electrons. The number of carbonyl (C=O) groups is 1. The number of fused-ring (bicyclic) bond motifs is 1. The zero-order chi connectivity index (χ0) is 16.2. The Hall–Kier alpha value is -3.08. The van der Waals surface area contributed by atoms with Crippen molar-refractivity contribution in [1.29, 1.82) is 0 Å². The van der Waals surface area contributed by atoms with Gasteiger partial charge in [-0.3, -0.25) is 4.98 Å². The summed E-state index contributed by atoms with van der Waals surface area (Å²) in [4.78, 5) is 16.5. The fourth-order valence-corrected chi connectivity index (χ4v) is 2.38. The summed E-state index contributed by atoms with van der Waals surface area (Å²) in [5, 5.41) is 6.45. The number of benzene rings is 2. The highest BCUT2D eigenvalue weighted by molar-refractivity contribution is 6.01. The SMILES string of the molecule is COc1cc(C)nc2ccc(NC(=O)Nc3ccccc3)cc12. The summed E-state index contributed by atoms with van der Waals surface area (Å²) in [7, 11) is 1.62. The third-order valence-corrected chi connectivity index (χ3v) is 3.41. The van der Waals surface area contributed by atoms with E-state index in [9.17, 15) is 4.79 Å². The van der Waals surface area contributed by atoms with E-state index in [2.05, 4.69) is 15.6 Å². The Morgan fingerprint density at radius 3 is 2.48 bits per heavy atom. The lowest BCUT2D eigenvalue weighted by molar-refractivity contribution is 0.262. The highest BCUT2D eigenvalue weighted by Gasteiger charge is 2.08. The van der Waals surface area contributed by atoms with Crippen LogP contribution in [-0.2, 0) is 0 Å². The first-order chi connectivity index (χ1) is 11.2. The lowest BCUT2D eigenvalue weighted by Crippen LogP contribution is -2.19. The van der Waals surface area contributed by atoms with E-state index < -0.39 is 0 Å². The Kier molecular flexibility index (Phi) is 4.10. The maximum atomic E-state index is 12.1. The normalized spacial score (nSPS) is 10.3. The Labute approximate surface area is 134 Å². The molecular formula is C18H17N3O2. The summed E-state index contributed by atoms with van der Waals surface area (Å²) >= 11 is 0. The van der Waals surface area contributed by atoms with Gasteiger partial charge in [0, 0.05) is 28.5 Å². The number of ether oxygens (including phenoxy) is 1. The van der Waals surface area contributed by atoms with Crippen molar-refractivity contribution in [2.75, 3.05) is 17.7 Å². The van der Waals surface area contributed by atoms with Crippen molar-refractivity contribution in [1.82, 2.24) is 4.98 Å². The number of nitrogens with one attached hydrogen (secondary N) is 2. The molecule has 1 aromatic heterocycles. The topological polar surface area (TPSA) is 63.2 Å². The molecule has 0 aliphatic heterocycles. The van der Waals surface area contributed by atoms with Gasteiger partial charge in [0.2, 0.25) is 0 Å². The first-order valence-electron chi connectivity index (χ1n) is 7.24. The summed E-state index contributed by atoms with van der Waals surface area (Å²) < 4.78 is 5.40. The summed E-state index contributed by atoms with van der Waals surface area (Å²) in [5.74, 6) is 0.736. The first kappa shape index (κ1) is 14.8. The van der Waals surface area contributed by atoms with Crippen LogP contribution in [0.4, 0.5) is 16.2 Å². The van der Waals surface area contributed by atoms with E-state index in [1.807, 2.05) is 61.5 Å². The van der Waals surface area contributed by atoms with Crippen molar-refractivity contribution in [2.45, 2.75) is 6.92 Å². The van der Waals surface area contributed by atoms with Crippen LogP contribution in [0.5, 0.6) is 5.75 Å². The molecule has 5 heteroatoms. The highest BCUT2D eigenvalue weighted by Crippen LogP contribution is 2.27.